The van der Waals surface area contributed by atoms with E-state index in [1.165, 1.54) is 18.5 Å². The highest BCUT2D eigenvalue weighted by atomic mass is 35.5. The summed E-state index contributed by atoms with van der Waals surface area (Å²) in [6.07, 6.45) is 0. The standard InChI is InChI=1S/C25H22ClN3O2.C3H6O.C2H6O/c1-17-9-10-20(28-11-13-31-14-12-28)16-23(17)29-25(30)22-8-3-2-7-21(22)24(27-29)18-5-4-6-19(26)15-18;1-3(2)4;1-3-2/h2-10,15-16H,11-14H2,1H3;1-2H3;1-2H3. The van der Waals surface area contributed by atoms with E-state index in [9.17, 15) is 9.59 Å². The minimum absolute atomic E-state index is 0.136. The summed E-state index contributed by atoms with van der Waals surface area (Å²) < 4.78 is 11.3. The number of ether oxygens (including phenoxy) is 2. The van der Waals surface area contributed by atoms with E-state index in [0.717, 1.165) is 46.7 Å². The van der Waals surface area contributed by atoms with Crippen LogP contribution in [0.15, 0.2) is 71.5 Å². The van der Waals surface area contributed by atoms with Crippen LogP contribution in [0.25, 0.3) is 27.7 Å². The number of aryl methyl sites for hydroxylation is 1. The molecule has 1 fully saturated rings. The molecule has 0 unspecified atom stereocenters. The summed E-state index contributed by atoms with van der Waals surface area (Å²) in [5, 5.41) is 6.90. The van der Waals surface area contributed by atoms with Gasteiger partial charge in [0.05, 0.1) is 30.0 Å². The van der Waals surface area contributed by atoms with E-state index in [-0.39, 0.29) is 11.3 Å². The van der Waals surface area contributed by atoms with Gasteiger partial charge in [-0.3, -0.25) is 4.79 Å². The predicted octanol–water partition coefficient (Wildman–Crippen LogP) is 5.71. The monoisotopic (exact) mass is 535 g/mol. The van der Waals surface area contributed by atoms with E-state index < -0.39 is 0 Å². The molecule has 1 aliphatic rings. The summed E-state index contributed by atoms with van der Waals surface area (Å²) in [5.74, 6) is 0.167. The number of hydrogen-bond donors (Lipinski definition) is 0. The van der Waals surface area contributed by atoms with E-state index in [2.05, 4.69) is 15.7 Å². The van der Waals surface area contributed by atoms with Gasteiger partial charge in [-0.15, -0.1) is 0 Å². The first-order valence-corrected chi connectivity index (χ1v) is 12.7. The highest BCUT2D eigenvalue weighted by Crippen LogP contribution is 2.28. The fourth-order valence-corrected chi connectivity index (χ4v) is 4.24. The zero-order valence-corrected chi connectivity index (χ0v) is 23.3. The molecule has 0 atom stereocenters. The number of methoxy groups -OCH3 is 1. The fraction of sp³-hybridized carbons (Fsp3) is 0.300. The van der Waals surface area contributed by atoms with Crippen molar-refractivity contribution in [1.29, 1.82) is 0 Å². The van der Waals surface area contributed by atoms with E-state index in [1.807, 2.05) is 67.6 Å². The van der Waals surface area contributed by atoms with Crippen molar-refractivity contribution in [1.82, 2.24) is 9.78 Å². The summed E-state index contributed by atoms with van der Waals surface area (Å²) in [4.78, 5) is 25.2. The van der Waals surface area contributed by atoms with Crippen molar-refractivity contribution in [3.63, 3.8) is 0 Å². The molecule has 1 aliphatic heterocycles. The number of morpholine rings is 1. The number of benzene rings is 3. The second-order valence-electron chi connectivity index (χ2n) is 9.01. The number of ketones is 1. The second kappa shape index (κ2) is 13.9. The number of nitrogens with zero attached hydrogens (tertiary/aromatic N) is 3. The van der Waals surface area contributed by atoms with Crippen molar-refractivity contribution < 1.29 is 14.3 Å². The predicted molar refractivity (Wildman–Crippen MR) is 155 cm³/mol. The van der Waals surface area contributed by atoms with Gasteiger partial charge in [-0.1, -0.05) is 48.0 Å². The molecule has 0 aliphatic carbocycles. The number of carbonyl (C=O) groups is 1. The van der Waals surface area contributed by atoms with Crippen LogP contribution < -0.4 is 10.5 Å². The lowest BCUT2D eigenvalue weighted by molar-refractivity contribution is -0.114. The summed E-state index contributed by atoms with van der Waals surface area (Å²) in [7, 11) is 3.25. The van der Waals surface area contributed by atoms with Crippen molar-refractivity contribution in [3.05, 3.63) is 87.7 Å². The molecule has 5 rings (SSSR count). The maximum atomic E-state index is 13.5. The molecule has 4 aromatic rings. The zero-order valence-electron chi connectivity index (χ0n) is 22.5. The van der Waals surface area contributed by atoms with Crippen LogP contribution in [0.3, 0.4) is 0 Å². The molecular formula is C30H34ClN3O4. The van der Waals surface area contributed by atoms with Gasteiger partial charge in [0.2, 0.25) is 0 Å². The van der Waals surface area contributed by atoms with Crippen molar-refractivity contribution in [2.75, 3.05) is 45.4 Å². The Kier molecular flexibility index (Phi) is 10.6. The first-order chi connectivity index (χ1) is 18.3. The van der Waals surface area contributed by atoms with Crippen LogP contribution in [0, 0.1) is 6.92 Å². The van der Waals surface area contributed by atoms with Crippen molar-refractivity contribution in [3.8, 4) is 16.9 Å². The number of fused-ring (bicyclic) bond motifs is 1. The Hall–Kier alpha value is -3.52. The molecule has 0 spiro atoms. The van der Waals surface area contributed by atoms with Gasteiger partial charge < -0.3 is 19.2 Å². The fourth-order valence-electron chi connectivity index (χ4n) is 4.05. The third-order valence-corrected chi connectivity index (χ3v) is 5.94. The van der Waals surface area contributed by atoms with E-state index >= 15 is 0 Å². The number of Topliss-reactive ketones (excluding diaryl/α,β-unsaturated/α-hetero) is 1. The molecule has 0 bridgehead atoms. The Bertz CT molecular complexity index is 1440. The molecule has 200 valence electrons. The molecule has 1 saturated heterocycles. The quantitative estimate of drug-likeness (QED) is 0.334. The number of halogens is 1. The van der Waals surface area contributed by atoms with Crippen LogP contribution in [-0.2, 0) is 14.3 Å². The SMILES string of the molecule is CC(C)=O.COC.Cc1ccc(N2CCOCC2)cc1-n1nc(-c2cccc(Cl)c2)c2ccccc2c1=O. The van der Waals surface area contributed by atoms with Crippen LogP contribution in [0.5, 0.6) is 0 Å². The molecule has 2 heterocycles. The van der Waals surface area contributed by atoms with Crippen LogP contribution in [0.2, 0.25) is 5.02 Å². The van der Waals surface area contributed by atoms with Gasteiger partial charge in [-0.05, 0) is 56.7 Å². The molecule has 0 N–H and O–H groups in total. The van der Waals surface area contributed by atoms with Gasteiger partial charge >= 0.3 is 0 Å². The van der Waals surface area contributed by atoms with E-state index in [0.29, 0.717) is 23.6 Å². The first kappa shape index (κ1) is 29.0. The minimum Gasteiger partial charge on any atom is -0.388 e. The Morgan fingerprint density at radius 1 is 0.947 bits per heavy atom. The topological polar surface area (TPSA) is 73.7 Å². The lowest BCUT2D eigenvalue weighted by atomic mass is 10.0. The van der Waals surface area contributed by atoms with Crippen LogP contribution in [-0.4, -0.2) is 56.1 Å². The lowest BCUT2D eigenvalue weighted by Crippen LogP contribution is -2.36. The Morgan fingerprint density at radius 3 is 2.21 bits per heavy atom. The van der Waals surface area contributed by atoms with E-state index in [4.69, 9.17) is 21.4 Å². The molecule has 38 heavy (non-hydrogen) atoms. The molecular weight excluding hydrogens is 502 g/mol. The summed E-state index contributed by atoms with van der Waals surface area (Å²) in [5.41, 5.74) is 4.30. The molecule has 0 radical (unpaired) electrons. The van der Waals surface area contributed by atoms with Gasteiger partial charge in [0.15, 0.2) is 0 Å². The summed E-state index contributed by atoms with van der Waals surface area (Å²) >= 11 is 6.25. The first-order valence-electron chi connectivity index (χ1n) is 12.4. The van der Waals surface area contributed by atoms with Crippen molar-refractivity contribution >= 4 is 33.8 Å². The number of hydrogen-bond acceptors (Lipinski definition) is 6. The van der Waals surface area contributed by atoms with Gasteiger partial charge in [0.25, 0.3) is 5.56 Å². The van der Waals surface area contributed by atoms with Crippen LogP contribution in [0.1, 0.15) is 19.4 Å². The Balaban J connectivity index is 0.000000515. The Labute approximate surface area is 228 Å². The third-order valence-electron chi connectivity index (χ3n) is 5.70. The Morgan fingerprint density at radius 2 is 1.58 bits per heavy atom. The highest BCUT2D eigenvalue weighted by Gasteiger charge is 2.17. The van der Waals surface area contributed by atoms with Crippen molar-refractivity contribution in [2.24, 2.45) is 0 Å². The van der Waals surface area contributed by atoms with Gasteiger partial charge in [-0.2, -0.15) is 9.78 Å². The van der Waals surface area contributed by atoms with Crippen LogP contribution >= 0.6 is 11.6 Å². The highest BCUT2D eigenvalue weighted by molar-refractivity contribution is 6.30. The maximum absolute atomic E-state index is 13.5. The number of anilines is 1. The number of rotatable bonds is 3. The zero-order chi connectivity index (χ0) is 27.7. The molecule has 1 aromatic heterocycles. The third kappa shape index (κ3) is 7.28. The smallest absolute Gasteiger partial charge is 0.279 e. The number of carbonyl (C=O) groups excluding carboxylic acids is 1. The van der Waals surface area contributed by atoms with Gasteiger partial charge in [-0.25, -0.2) is 0 Å². The molecule has 3 aromatic carbocycles. The van der Waals surface area contributed by atoms with Gasteiger partial charge in [0, 0.05) is 49.0 Å². The number of aromatic nitrogens is 2. The molecule has 7 nitrogen and oxygen atoms in total. The van der Waals surface area contributed by atoms with Crippen molar-refractivity contribution in [2.45, 2.75) is 20.8 Å². The molecule has 0 amide bonds. The normalized spacial score (nSPS) is 12.7. The van der Waals surface area contributed by atoms with E-state index in [1.54, 1.807) is 14.2 Å². The van der Waals surface area contributed by atoms with Crippen LogP contribution in [0.4, 0.5) is 5.69 Å². The summed E-state index contributed by atoms with van der Waals surface area (Å²) in [6, 6.07) is 21.3. The lowest BCUT2D eigenvalue weighted by Gasteiger charge is -2.29. The maximum Gasteiger partial charge on any atom is 0.279 e. The van der Waals surface area contributed by atoms with Gasteiger partial charge in [0.1, 0.15) is 5.78 Å². The average molecular weight is 536 g/mol. The minimum atomic E-state index is -0.136. The largest absolute Gasteiger partial charge is 0.388 e. The summed E-state index contributed by atoms with van der Waals surface area (Å²) in [6.45, 7) is 8.13. The average Bonchev–Trinajstić information content (AvgIpc) is 2.90. The second-order valence-corrected chi connectivity index (χ2v) is 9.44. The molecule has 8 heteroatoms. The molecule has 0 saturated carbocycles.